The largest absolute Gasteiger partial charge is 0.478 e. The van der Waals surface area contributed by atoms with Gasteiger partial charge >= 0.3 is 5.97 Å². The molecule has 1 aliphatic carbocycles. The molecule has 0 spiro atoms. The molecule has 1 amide bonds. The number of carbonyl (C=O) groups excluding carboxylic acids is 1. The molecule has 0 saturated heterocycles. The molecular weight excluding hydrogens is 434 g/mol. The average Bonchev–Trinajstić information content (AvgIpc) is 3.26. The minimum Gasteiger partial charge on any atom is -0.478 e. The molecule has 0 saturated carbocycles. The number of nitrogens with zero attached hydrogens (tertiary/aromatic N) is 3. The summed E-state index contributed by atoms with van der Waals surface area (Å²) in [7, 11) is 0. The minimum absolute atomic E-state index is 0.114. The molecule has 164 valence electrons. The first kappa shape index (κ1) is 21.0. The summed E-state index contributed by atoms with van der Waals surface area (Å²) < 4.78 is 0. The number of fused-ring (bicyclic) bond motifs is 2. The van der Waals surface area contributed by atoms with Crippen LogP contribution in [0.15, 0.2) is 60.0 Å². The topological polar surface area (TPSA) is 83.4 Å². The van der Waals surface area contributed by atoms with Crippen LogP contribution in [-0.2, 0) is 11.2 Å². The highest BCUT2D eigenvalue weighted by Crippen LogP contribution is 2.37. The van der Waals surface area contributed by atoms with Crippen molar-refractivity contribution in [1.29, 1.82) is 0 Å². The van der Waals surface area contributed by atoms with Crippen LogP contribution in [-0.4, -0.2) is 27.0 Å². The Morgan fingerprint density at radius 2 is 1.79 bits per heavy atom. The Morgan fingerprint density at radius 3 is 2.55 bits per heavy atom. The van der Waals surface area contributed by atoms with Gasteiger partial charge in [0, 0.05) is 17.7 Å². The summed E-state index contributed by atoms with van der Waals surface area (Å²) in [4.78, 5) is 35.6. The van der Waals surface area contributed by atoms with Gasteiger partial charge in [-0.15, -0.1) is 11.3 Å². The van der Waals surface area contributed by atoms with Gasteiger partial charge < -0.3 is 5.11 Å². The van der Waals surface area contributed by atoms with Gasteiger partial charge in [-0.05, 0) is 54.7 Å². The average molecular weight is 456 g/mol. The van der Waals surface area contributed by atoms with E-state index in [9.17, 15) is 14.7 Å². The maximum atomic E-state index is 12.3. The summed E-state index contributed by atoms with van der Waals surface area (Å²) in [6.45, 7) is 1.52. The predicted molar refractivity (Wildman–Crippen MR) is 131 cm³/mol. The third kappa shape index (κ3) is 3.91. The van der Waals surface area contributed by atoms with Crippen molar-refractivity contribution in [2.75, 3.05) is 4.90 Å². The molecule has 6 nitrogen and oxygen atoms in total. The van der Waals surface area contributed by atoms with Crippen LogP contribution >= 0.6 is 11.3 Å². The van der Waals surface area contributed by atoms with E-state index in [4.69, 9.17) is 9.97 Å². The smallest absolute Gasteiger partial charge is 0.336 e. The van der Waals surface area contributed by atoms with Crippen molar-refractivity contribution in [3.63, 3.8) is 0 Å². The fourth-order valence-electron chi connectivity index (χ4n) is 4.35. The number of anilines is 2. The maximum Gasteiger partial charge on any atom is 0.336 e. The van der Waals surface area contributed by atoms with Crippen LogP contribution in [0.1, 0.15) is 47.1 Å². The lowest BCUT2D eigenvalue weighted by molar-refractivity contribution is -0.115. The number of carbonyl (C=O) groups is 2. The number of thiazole rings is 1. The zero-order valence-corrected chi connectivity index (χ0v) is 18.8. The van der Waals surface area contributed by atoms with Gasteiger partial charge in [-0.2, -0.15) is 0 Å². The Morgan fingerprint density at radius 1 is 1.03 bits per heavy atom. The van der Waals surface area contributed by atoms with E-state index < -0.39 is 5.97 Å². The van der Waals surface area contributed by atoms with E-state index in [0.717, 1.165) is 41.1 Å². The van der Waals surface area contributed by atoms with Crippen molar-refractivity contribution >= 4 is 56.6 Å². The fraction of sp³-hybridized carbons (Fsp3) is 0.154. The molecule has 1 aliphatic rings. The molecule has 0 bridgehead atoms. The number of hydrogen-bond acceptors (Lipinski definition) is 5. The Kier molecular flexibility index (Phi) is 5.48. The van der Waals surface area contributed by atoms with Crippen LogP contribution in [0.3, 0.4) is 0 Å². The number of rotatable bonds is 4. The molecule has 2 aromatic heterocycles. The van der Waals surface area contributed by atoms with E-state index in [1.165, 1.54) is 18.3 Å². The van der Waals surface area contributed by atoms with E-state index >= 15 is 0 Å². The predicted octanol–water partition coefficient (Wildman–Crippen LogP) is 5.95. The molecule has 0 radical (unpaired) electrons. The van der Waals surface area contributed by atoms with E-state index in [1.807, 2.05) is 66.1 Å². The van der Waals surface area contributed by atoms with Crippen molar-refractivity contribution in [2.24, 2.45) is 0 Å². The quantitative estimate of drug-likeness (QED) is 0.411. The number of amides is 1. The van der Waals surface area contributed by atoms with Gasteiger partial charge in [-0.25, -0.2) is 14.8 Å². The fourth-order valence-corrected chi connectivity index (χ4v) is 5.19. The summed E-state index contributed by atoms with van der Waals surface area (Å²) in [5, 5.41) is 13.1. The van der Waals surface area contributed by atoms with E-state index in [1.54, 1.807) is 4.90 Å². The molecule has 0 aliphatic heterocycles. The summed E-state index contributed by atoms with van der Waals surface area (Å²) in [6.07, 6.45) is 4.29. The van der Waals surface area contributed by atoms with Crippen LogP contribution in [0.25, 0.3) is 22.6 Å². The molecule has 0 fully saturated rings. The molecule has 2 aromatic carbocycles. The first-order valence-electron chi connectivity index (χ1n) is 10.7. The van der Waals surface area contributed by atoms with E-state index in [0.29, 0.717) is 28.0 Å². The molecule has 33 heavy (non-hydrogen) atoms. The molecule has 5 rings (SSSR count). The molecule has 1 N–H and O–H groups in total. The van der Waals surface area contributed by atoms with Gasteiger partial charge in [0.15, 0.2) is 5.13 Å². The van der Waals surface area contributed by atoms with Crippen molar-refractivity contribution < 1.29 is 14.7 Å². The summed E-state index contributed by atoms with van der Waals surface area (Å²) >= 11 is 1.40. The number of para-hydroxylation sites is 2. The Bertz CT molecular complexity index is 1410. The van der Waals surface area contributed by atoms with Crippen molar-refractivity contribution in [3.8, 4) is 0 Å². The van der Waals surface area contributed by atoms with E-state index in [-0.39, 0.29) is 5.91 Å². The van der Waals surface area contributed by atoms with Crippen LogP contribution < -0.4 is 4.90 Å². The van der Waals surface area contributed by atoms with E-state index in [2.05, 4.69) is 0 Å². The normalized spacial score (nSPS) is 14.3. The van der Waals surface area contributed by atoms with Gasteiger partial charge in [0.25, 0.3) is 0 Å². The number of benzene rings is 2. The Hall–Kier alpha value is -3.84. The van der Waals surface area contributed by atoms with Gasteiger partial charge in [-0.1, -0.05) is 36.4 Å². The molecule has 0 atom stereocenters. The SMILES string of the molecule is CC(=O)N(c1ccccc1)c1nc(/C=C2\CCCc3c2nc2ccccc2c3C(=O)O)cs1. The number of hydrogen-bond donors (Lipinski definition) is 1. The minimum atomic E-state index is -0.929. The Labute approximate surface area is 194 Å². The first-order valence-corrected chi connectivity index (χ1v) is 11.6. The second kappa shape index (κ2) is 8.60. The summed E-state index contributed by atoms with van der Waals surface area (Å²) in [5.74, 6) is -1.04. The first-order chi connectivity index (χ1) is 16.0. The van der Waals surface area contributed by atoms with Gasteiger partial charge in [0.1, 0.15) is 0 Å². The lowest BCUT2D eigenvalue weighted by atomic mass is 9.86. The summed E-state index contributed by atoms with van der Waals surface area (Å²) in [5.41, 5.74) is 4.99. The third-order valence-electron chi connectivity index (χ3n) is 5.74. The van der Waals surface area contributed by atoms with Gasteiger partial charge in [0.05, 0.1) is 28.2 Å². The Balaban J connectivity index is 1.58. The number of pyridine rings is 1. The van der Waals surface area contributed by atoms with Gasteiger partial charge in [-0.3, -0.25) is 9.69 Å². The zero-order valence-electron chi connectivity index (χ0n) is 18.0. The second-order valence-corrected chi connectivity index (χ2v) is 8.74. The van der Waals surface area contributed by atoms with Crippen molar-refractivity contribution in [1.82, 2.24) is 9.97 Å². The number of carboxylic acid groups (broad SMARTS) is 1. The molecular formula is C26H21N3O3S. The number of carboxylic acids is 1. The zero-order chi connectivity index (χ0) is 22.9. The highest BCUT2D eigenvalue weighted by molar-refractivity contribution is 7.14. The number of allylic oxidation sites excluding steroid dienone is 1. The van der Waals surface area contributed by atoms with Crippen molar-refractivity contribution in [2.45, 2.75) is 26.2 Å². The number of aromatic nitrogens is 2. The maximum absolute atomic E-state index is 12.3. The lowest BCUT2D eigenvalue weighted by Gasteiger charge is -2.21. The van der Waals surface area contributed by atoms with Crippen LogP contribution in [0.4, 0.5) is 10.8 Å². The highest BCUT2D eigenvalue weighted by Gasteiger charge is 2.25. The third-order valence-corrected chi connectivity index (χ3v) is 6.58. The number of aromatic carboxylic acids is 1. The highest BCUT2D eigenvalue weighted by atomic mass is 32.1. The standard InChI is InChI=1S/C26H21N3O3S/c1-16(30)29(19-9-3-2-4-10-19)26-27-18(15-33-26)14-17-8-7-12-21-23(25(31)32)20-11-5-6-13-22(20)28-24(17)21/h2-6,9-11,13-15H,7-8,12H2,1H3,(H,31,32)/b17-14+. The van der Waals surface area contributed by atoms with Crippen LogP contribution in [0.2, 0.25) is 0 Å². The molecule has 2 heterocycles. The summed E-state index contributed by atoms with van der Waals surface area (Å²) in [6, 6.07) is 16.8. The van der Waals surface area contributed by atoms with Crippen molar-refractivity contribution in [3.05, 3.63) is 82.5 Å². The van der Waals surface area contributed by atoms with Crippen LogP contribution in [0.5, 0.6) is 0 Å². The second-order valence-electron chi connectivity index (χ2n) is 7.90. The van der Waals surface area contributed by atoms with Crippen LogP contribution in [0, 0.1) is 0 Å². The van der Waals surface area contributed by atoms with Gasteiger partial charge in [0.2, 0.25) is 5.91 Å². The molecule has 7 heteroatoms. The monoisotopic (exact) mass is 455 g/mol. The lowest BCUT2D eigenvalue weighted by Crippen LogP contribution is -2.22. The molecule has 0 unspecified atom stereocenters. The molecule has 4 aromatic rings.